The Morgan fingerprint density at radius 1 is 0.459 bits per heavy atom. The summed E-state index contributed by atoms with van der Waals surface area (Å²) in [5.74, 6) is -4.43. The first-order chi connectivity index (χ1) is 39.7. The minimum absolute atomic E-state index is 0. The summed E-state index contributed by atoms with van der Waals surface area (Å²) in [6.45, 7) is -1.10. The first kappa shape index (κ1) is 64.0. The molecule has 0 unspecified atom stereocenters. The Kier molecular flexibility index (Phi) is 19.5. The standard InChI is InChI=1S/C17H13ClF5N5.C17H14F5N5.C14H8Cl2F2N4.C3H6F3N.ClH/c18-16-25-7-9(14(27-16)24-4-3-17(21,22)23)15-26-12-5-10(19)11(20)6-13(12)28(15)8-1-2-8;18-11-5-13-14(6-12(11)19)27(9-1-2-9)16(26-13)10-7-23-8-25-15(10)24-4-3-17(20,21)22;15-12-7(5-19-14(16)21-12)13-20-10-3-8(17)9(18)4-11(10)22(13)6-1-2-6;4-3(5,6)1-2-7;/h5-8H,1-4H2,(H,24,25,27);5-9H,1-4H2,(H,23,24,25);3-6H,1-2H2;1-2,7H2;1H. The maximum absolute atomic E-state index is 13.8. The Labute approximate surface area is 491 Å². The van der Waals surface area contributed by atoms with Crippen LogP contribution in [0.3, 0.4) is 0 Å². The molecule has 12 rings (SSSR count). The molecule has 0 aliphatic heterocycles. The lowest BCUT2D eigenvalue weighted by Crippen LogP contribution is -2.16. The molecule has 6 heterocycles. The van der Waals surface area contributed by atoms with Gasteiger partial charge >= 0.3 is 18.5 Å². The number of aromatic nitrogens is 12. The lowest BCUT2D eigenvalue weighted by atomic mass is 10.2. The largest absolute Gasteiger partial charge is 0.390 e. The Morgan fingerprint density at radius 3 is 1.18 bits per heavy atom. The van der Waals surface area contributed by atoms with Gasteiger partial charge in [0.25, 0.3) is 0 Å². The van der Waals surface area contributed by atoms with E-state index in [1.807, 2.05) is 4.57 Å². The van der Waals surface area contributed by atoms with Crippen LogP contribution in [0.25, 0.3) is 67.3 Å². The summed E-state index contributed by atoms with van der Waals surface area (Å²) in [5, 5.41) is 5.29. The zero-order valence-electron chi connectivity index (χ0n) is 43.1. The fourth-order valence-electron chi connectivity index (χ4n) is 8.54. The van der Waals surface area contributed by atoms with Gasteiger partial charge in [-0.25, -0.2) is 71.2 Å². The van der Waals surface area contributed by atoms with E-state index in [1.165, 1.54) is 24.9 Å². The van der Waals surface area contributed by atoms with Crippen molar-refractivity contribution in [1.29, 1.82) is 0 Å². The molecule has 3 aromatic carbocycles. The van der Waals surface area contributed by atoms with Gasteiger partial charge in [-0.1, -0.05) is 11.6 Å². The molecule has 3 aliphatic carbocycles. The molecule has 85 heavy (non-hydrogen) atoms. The van der Waals surface area contributed by atoms with Crippen molar-refractivity contribution in [2.45, 2.75) is 94.4 Å². The van der Waals surface area contributed by atoms with E-state index >= 15 is 0 Å². The summed E-state index contributed by atoms with van der Waals surface area (Å²) in [4.78, 5) is 36.7. The molecular formula is C51H42Cl4F15N15. The highest BCUT2D eigenvalue weighted by Gasteiger charge is 2.35. The van der Waals surface area contributed by atoms with Gasteiger partial charge in [0.1, 0.15) is 40.6 Å². The van der Waals surface area contributed by atoms with Gasteiger partial charge in [-0.05, 0) is 61.7 Å². The van der Waals surface area contributed by atoms with Crippen LogP contribution in [0.15, 0.2) is 61.3 Å². The van der Waals surface area contributed by atoms with Crippen molar-refractivity contribution in [2.75, 3.05) is 30.3 Å². The van der Waals surface area contributed by atoms with Crippen LogP contribution in [0.1, 0.15) is 75.9 Å². The molecule has 0 atom stereocenters. The number of anilines is 2. The molecule has 0 radical (unpaired) electrons. The lowest BCUT2D eigenvalue weighted by molar-refractivity contribution is -0.132. The number of hydrogen-bond acceptors (Lipinski definition) is 12. The Hall–Kier alpha value is -7.02. The summed E-state index contributed by atoms with van der Waals surface area (Å²) in [7, 11) is 0. The van der Waals surface area contributed by atoms with E-state index in [0.29, 0.717) is 56.2 Å². The predicted molar refractivity (Wildman–Crippen MR) is 287 cm³/mol. The summed E-state index contributed by atoms with van der Waals surface area (Å²) < 4.78 is 195. The number of benzene rings is 3. The summed E-state index contributed by atoms with van der Waals surface area (Å²) in [6, 6.07) is 6.67. The molecule has 3 saturated carbocycles. The van der Waals surface area contributed by atoms with E-state index in [1.54, 1.807) is 9.13 Å². The van der Waals surface area contributed by atoms with Crippen LogP contribution < -0.4 is 16.4 Å². The van der Waals surface area contributed by atoms with Crippen LogP contribution in [0.5, 0.6) is 0 Å². The Morgan fingerprint density at radius 2 is 0.812 bits per heavy atom. The minimum atomic E-state index is -4.33. The highest BCUT2D eigenvalue weighted by Crippen LogP contribution is 2.45. The van der Waals surface area contributed by atoms with Gasteiger partial charge in [-0.15, -0.1) is 12.4 Å². The van der Waals surface area contributed by atoms with E-state index < -0.39 is 79.2 Å². The SMILES string of the molecule is Cl.Fc1cc2nc(-c3cnc(Cl)nc3Cl)n(C3CC3)c2cc1F.Fc1cc2nc(-c3cnc(Cl)nc3NCCC(F)(F)F)n(C3CC3)c2cc1F.Fc1cc2nc(-c3cncnc3NCCC(F)(F)F)n(C3CC3)c2cc1F.NCCC(F)(F)F. The second-order valence-corrected chi connectivity index (χ2v) is 20.2. The molecule has 15 nitrogen and oxygen atoms in total. The highest BCUT2D eigenvalue weighted by atomic mass is 35.5. The number of nitrogens with zero attached hydrogens (tertiary/aromatic N) is 12. The average Bonchev–Trinajstić information content (AvgIpc) is 1.69. The number of fused-ring (bicyclic) bond motifs is 3. The van der Waals surface area contributed by atoms with Crippen LogP contribution >= 0.6 is 47.2 Å². The van der Waals surface area contributed by atoms with Crippen molar-refractivity contribution < 1.29 is 65.9 Å². The van der Waals surface area contributed by atoms with E-state index in [-0.39, 0.29) is 82.0 Å². The maximum atomic E-state index is 13.8. The number of nitrogens with two attached hydrogens (primary N) is 1. The maximum Gasteiger partial charge on any atom is 0.390 e. The quantitative estimate of drug-likeness (QED) is 0.0565. The summed E-state index contributed by atoms with van der Waals surface area (Å²) in [6.07, 6.45) is -5.00. The van der Waals surface area contributed by atoms with Crippen molar-refractivity contribution in [3.8, 4) is 34.2 Å². The van der Waals surface area contributed by atoms with Crippen molar-refractivity contribution >= 4 is 91.9 Å². The number of halogens is 19. The molecule has 0 spiro atoms. The number of rotatable bonds is 13. The normalized spacial score (nSPS) is 14.3. The molecule has 0 saturated heterocycles. The van der Waals surface area contributed by atoms with Crippen molar-refractivity contribution in [3.63, 3.8) is 0 Å². The van der Waals surface area contributed by atoms with E-state index in [0.717, 1.165) is 74.9 Å². The molecule has 3 fully saturated rings. The molecule has 34 heteroatoms. The molecule has 0 amide bonds. The molecule has 454 valence electrons. The van der Waals surface area contributed by atoms with Crippen LogP contribution in [0.4, 0.5) is 77.5 Å². The third-order valence-corrected chi connectivity index (χ3v) is 13.3. The number of alkyl halides is 9. The molecule has 4 N–H and O–H groups in total. The predicted octanol–water partition coefficient (Wildman–Crippen LogP) is 15.3. The zero-order valence-corrected chi connectivity index (χ0v) is 46.2. The smallest absolute Gasteiger partial charge is 0.369 e. The van der Waals surface area contributed by atoms with Crippen molar-refractivity contribution in [2.24, 2.45) is 5.73 Å². The van der Waals surface area contributed by atoms with Gasteiger partial charge in [-0.3, -0.25) is 0 Å². The average molecular weight is 1290 g/mol. The highest BCUT2D eigenvalue weighted by molar-refractivity contribution is 6.33. The van der Waals surface area contributed by atoms with Crippen molar-refractivity contribution in [1.82, 2.24) is 58.6 Å². The monoisotopic (exact) mass is 1290 g/mol. The summed E-state index contributed by atoms with van der Waals surface area (Å²) >= 11 is 17.6. The van der Waals surface area contributed by atoms with E-state index in [4.69, 9.17) is 34.8 Å². The fourth-order valence-corrected chi connectivity index (χ4v) is 9.06. The first-order valence-corrected chi connectivity index (χ1v) is 26.3. The molecular weight excluding hydrogens is 1250 g/mol. The third kappa shape index (κ3) is 15.9. The number of hydrogen-bond donors (Lipinski definition) is 3. The van der Waals surface area contributed by atoms with Gasteiger partial charge < -0.3 is 30.1 Å². The Balaban J connectivity index is 0.000000157. The Bertz CT molecular complexity index is 3860. The van der Waals surface area contributed by atoms with Gasteiger partial charge in [0, 0.05) is 92.7 Å². The van der Waals surface area contributed by atoms with Gasteiger partial charge in [0.2, 0.25) is 10.6 Å². The summed E-state index contributed by atoms with van der Waals surface area (Å²) in [5.41, 5.74) is 7.97. The zero-order chi connectivity index (χ0) is 60.6. The number of nitrogens with one attached hydrogen (secondary N) is 2. The van der Waals surface area contributed by atoms with Gasteiger partial charge in [0.15, 0.2) is 34.9 Å². The topological polar surface area (TPSA) is 181 Å². The van der Waals surface area contributed by atoms with Crippen molar-refractivity contribution in [3.05, 3.63) is 112 Å². The van der Waals surface area contributed by atoms with E-state index in [2.05, 4.69) is 61.2 Å². The van der Waals surface area contributed by atoms with Gasteiger partial charge in [0.05, 0.1) is 69.1 Å². The van der Waals surface area contributed by atoms with Crippen LogP contribution in [0, 0.1) is 34.9 Å². The third-order valence-electron chi connectivity index (χ3n) is 12.7. The second-order valence-electron chi connectivity index (χ2n) is 19.1. The van der Waals surface area contributed by atoms with E-state index in [9.17, 15) is 65.9 Å². The molecule has 3 aliphatic rings. The molecule has 6 aromatic heterocycles. The second kappa shape index (κ2) is 25.9. The van der Waals surface area contributed by atoms with Gasteiger partial charge in [-0.2, -0.15) is 39.5 Å². The van der Waals surface area contributed by atoms with Crippen LogP contribution in [-0.4, -0.2) is 96.7 Å². The fraction of sp³-hybridized carbons (Fsp3) is 0.353. The molecule has 9 aromatic rings. The molecule has 0 bridgehead atoms. The van der Waals surface area contributed by atoms with Crippen LogP contribution in [-0.2, 0) is 0 Å². The minimum Gasteiger partial charge on any atom is -0.369 e. The van der Waals surface area contributed by atoms with Crippen LogP contribution in [0.2, 0.25) is 15.7 Å². The number of imidazole rings is 3. The lowest BCUT2D eigenvalue weighted by Gasteiger charge is -2.13. The first-order valence-electron chi connectivity index (χ1n) is 25.2.